The second-order valence-electron chi connectivity index (χ2n) is 3.56. The van der Waals surface area contributed by atoms with Crippen LogP contribution in [0.4, 0.5) is 0 Å². The van der Waals surface area contributed by atoms with Gasteiger partial charge in [-0.2, -0.15) is 0 Å². The summed E-state index contributed by atoms with van der Waals surface area (Å²) < 4.78 is 5.11. The van der Waals surface area contributed by atoms with E-state index in [2.05, 4.69) is 11.4 Å². The fourth-order valence-corrected chi connectivity index (χ4v) is 1.97. The lowest BCUT2D eigenvalue weighted by Gasteiger charge is -2.17. The first-order valence-electron chi connectivity index (χ1n) is 5.17. The van der Waals surface area contributed by atoms with Gasteiger partial charge in [-0.15, -0.1) is 0 Å². The average Bonchev–Trinajstić information content (AvgIpc) is 2.25. The van der Waals surface area contributed by atoms with E-state index in [1.54, 1.807) is 7.11 Å². The Balaban J connectivity index is 2.74. The van der Waals surface area contributed by atoms with Crippen molar-refractivity contribution in [3.05, 3.63) is 34.9 Å². The summed E-state index contributed by atoms with van der Waals surface area (Å²) in [5, 5.41) is 4.03. The Labute approximate surface area is 96.6 Å². The highest BCUT2D eigenvalue weighted by atomic mass is 35.5. The molecule has 0 spiro atoms. The monoisotopic (exact) mass is 227 g/mol. The first kappa shape index (κ1) is 12.5. The predicted molar refractivity (Wildman–Crippen MR) is 64.6 cm³/mol. The molecule has 84 valence electrons. The molecule has 0 saturated heterocycles. The number of likely N-dealkylation sites (N-methyl/N-ethyl adjacent to an activating group) is 1. The Bertz CT molecular complexity index is 291. The molecular weight excluding hydrogens is 210 g/mol. The van der Waals surface area contributed by atoms with Gasteiger partial charge in [-0.05, 0) is 31.0 Å². The predicted octanol–water partition coefficient (Wildman–Crippen LogP) is 2.68. The molecule has 2 nitrogen and oxygen atoms in total. The molecule has 0 aliphatic heterocycles. The second kappa shape index (κ2) is 6.83. The zero-order valence-corrected chi connectivity index (χ0v) is 10.1. The molecule has 0 radical (unpaired) electrons. The van der Waals surface area contributed by atoms with E-state index >= 15 is 0 Å². The first-order valence-corrected chi connectivity index (χ1v) is 5.55. The molecule has 1 N–H and O–H groups in total. The third-order valence-electron chi connectivity index (χ3n) is 2.47. The van der Waals surface area contributed by atoms with Crippen molar-refractivity contribution in [1.29, 1.82) is 0 Å². The number of hydrogen-bond acceptors (Lipinski definition) is 2. The summed E-state index contributed by atoms with van der Waals surface area (Å²) in [6.07, 6.45) is 0.987. The second-order valence-corrected chi connectivity index (χ2v) is 3.96. The Morgan fingerprint density at radius 2 is 2.13 bits per heavy atom. The highest BCUT2D eigenvalue weighted by Gasteiger charge is 2.13. The van der Waals surface area contributed by atoms with Crippen LogP contribution in [0.1, 0.15) is 17.9 Å². The van der Waals surface area contributed by atoms with Gasteiger partial charge < -0.3 is 10.1 Å². The van der Waals surface area contributed by atoms with Crippen LogP contribution in [0.25, 0.3) is 0 Å². The van der Waals surface area contributed by atoms with Crippen molar-refractivity contribution in [2.24, 2.45) is 0 Å². The van der Waals surface area contributed by atoms with Gasteiger partial charge in [0.2, 0.25) is 0 Å². The van der Waals surface area contributed by atoms with Crippen molar-refractivity contribution in [3.8, 4) is 0 Å². The van der Waals surface area contributed by atoms with Crippen molar-refractivity contribution < 1.29 is 4.74 Å². The summed E-state index contributed by atoms with van der Waals surface area (Å²) in [7, 11) is 3.68. The SMILES string of the molecule is CNCC(CCOC)c1ccccc1Cl. The van der Waals surface area contributed by atoms with Crippen molar-refractivity contribution in [3.63, 3.8) is 0 Å². The Hall–Kier alpha value is -0.570. The Kier molecular flexibility index (Phi) is 5.69. The molecule has 1 unspecified atom stereocenters. The largest absolute Gasteiger partial charge is 0.385 e. The molecule has 1 atom stereocenters. The maximum absolute atomic E-state index is 6.17. The summed E-state index contributed by atoms with van der Waals surface area (Å²) in [5.41, 5.74) is 1.20. The minimum Gasteiger partial charge on any atom is -0.385 e. The van der Waals surface area contributed by atoms with E-state index in [0.29, 0.717) is 5.92 Å². The highest BCUT2D eigenvalue weighted by Crippen LogP contribution is 2.26. The third-order valence-corrected chi connectivity index (χ3v) is 2.81. The molecule has 15 heavy (non-hydrogen) atoms. The molecule has 0 fully saturated rings. The zero-order valence-electron chi connectivity index (χ0n) is 9.29. The van der Waals surface area contributed by atoms with Gasteiger partial charge in [0.25, 0.3) is 0 Å². The van der Waals surface area contributed by atoms with Crippen LogP contribution in [0.2, 0.25) is 5.02 Å². The van der Waals surface area contributed by atoms with Crippen LogP contribution < -0.4 is 5.32 Å². The molecule has 0 bridgehead atoms. The van der Waals surface area contributed by atoms with Gasteiger partial charge in [-0.25, -0.2) is 0 Å². The highest BCUT2D eigenvalue weighted by molar-refractivity contribution is 6.31. The minimum absolute atomic E-state index is 0.420. The maximum atomic E-state index is 6.17. The topological polar surface area (TPSA) is 21.3 Å². The van der Waals surface area contributed by atoms with Gasteiger partial charge in [0.1, 0.15) is 0 Å². The van der Waals surface area contributed by atoms with Crippen molar-refractivity contribution in [2.45, 2.75) is 12.3 Å². The fraction of sp³-hybridized carbons (Fsp3) is 0.500. The molecular formula is C12H18ClNO. The lowest BCUT2D eigenvalue weighted by atomic mass is 9.96. The fourth-order valence-electron chi connectivity index (χ4n) is 1.68. The van der Waals surface area contributed by atoms with E-state index in [1.165, 1.54) is 5.56 Å². The van der Waals surface area contributed by atoms with Crippen LogP contribution in [0.5, 0.6) is 0 Å². The standard InChI is InChI=1S/C12H18ClNO/c1-14-9-10(7-8-15-2)11-5-3-4-6-12(11)13/h3-6,10,14H,7-9H2,1-2H3. The number of methoxy groups -OCH3 is 1. The average molecular weight is 228 g/mol. The van der Waals surface area contributed by atoms with Crippen LogP contribution in [0, 0.1) is 0 Å². The van der Waals surface area contributed by atoms with Crippen LogP contribution in [-0.4, -0.2) is 27.3 Å². The van der Waals surface area contributed by atoms with Crippen molar-refractivity contribution in [1.82, 2.24) is 5.32 Å². The van der Waals surface area contributed by atoms with E-state index in [0.717, 1.165) is 24.6 Å². The molecule has 1 aromatic rings. The molecule has 0 heterocycles. The first-order chi connectivity index (χ1) is 7.29. The Morgan fingerprint density at radius 3 is 2.73 bits per heavy atom. The number of nitrogens with one attached hydrogen (secondary N) is 1. The summed E-state index contributed by atoms with van der Waals surface area (Å²) in [6, 6.07) is 8.00. The molecule has 0 aliphatic rings. The summed E-state index contributed by atoms with van der Waals surface area (Å²) >= 11 is 6.17. The van der Waals surface area contributed by atoms with Gasteiger partial charge in [-0.1, -0.05) is 29.8 Å². The molecule has 0 aromatic heterocycles. The van der Waals surface area contributed by atoms with Gasteiger partial charge in [0.05, 0.1) is 0 Å². The van der Waals surface area contributed by atoms with Crippen LogP contribution in [-0.2, 0) is 4.74 Å². The van der Waals surface area contributed by atoms with E-state index in [1.807, 2.05) is 25.2 Å². The molecule has 1 aromatic carbocycles. The summed E-state index contributed by atoms with van der Waals surface area (Å²) in [6.45, 7) is 1.69. The van der Waals surface area contributed by atoms with Crippen LogP contribution in [0.3, 0.4) is 0 Å². The zero-order chi connectivity index (χ0) is 11.1. The normalized spacial score (nSPS) is 12.7. The molecule has 3 heteroatoms. The van der Waals surface area contributed by atoms with E-state index in [9.17, 15) is 0 Å². The third kappa shape index (κ3) is 3.82. The Morgan fingerprint density at radius 1 is 1.40 bits per heavy atom. The summed E-state index contributed by atoms with van der Waals surface area (Å²) in [4.78, 5) is 0. The molecule has 0 saturated carbocycles. The van der Waals surface area contributed by atoms with Gasteiger partial charge in [0, 0.05) is 25.3 Å². The lowest BCUT2D eigenvalue weighted by molar-refractivity contribution is 0.187. The van der Waals surface area contributed by atoms with Crippen LogP contribution in [0.15, 0.2) is 24.3 Å². The van der Waals surface area contributed by atoms with Gasteiger partial charge in [0.15, 0.2) is 0 Å². The van der Waals surface area contributed by atoms with Gasteiger partial charge >= 0.3 is 0 Å². The summed E-state index contributed by atoms with van der Waals surface area (Å²) in [5.74, 6) is 0.420. The lowest BCUT2D eigenvalue weighted by Crippen LogP contribution is -2.18. The number of hydrogen-bond donors (Lipinski definition) is 1. The van der Waals surface area contributed by atoms with E-state index in [4.69, 9.17) is 16.3 Å². The smallest absolute Gasteiger partial charge is 0.0468 e. The molecule has 1 rings (SSSR count). The maximum Gasteiger partial charge on any atom is 0.0468 e. The minimum atomic E-state index is 0.420. The molecule has 0 amide bonds. The van der Waals surface area contributed by atoms with Crippen LogP contribution >= 0.6 is 11.6 Å². The number of ether oxygens (including phenoxy) is 1. The number of rotatable bonds is 6. The van der Waals surface area contributed by atoms with E-state index < -0.39 is 0 Å². The number of benzene rings is 1. The quantitative estimate of drug-likeness (QED) is 0.807. The molecule has 0 aliphatic carbocycles. The number of halogens is 1. The van der Waals surface area contributed by atoms with Gasteiger partial charge in [-0.3, -0.25) is 0 Å². The van der Waals surface area contributed by atoms with Crippen molar-refractivity contribution in [2.75, 3.05) is 27.3 Å². The van der Waals surface area contributed by atoms with E-state index in [-0.39, 0.29) is 0 Å². The van der Waals surface area contributed by atoms with Crippen molar-refractivity contribution >= 4 is 11.6 Å².